The molecule has 1 fully saturated rings. The lowest BCUT2D eigenvalue weighted by Crippen LogP contribution is -2.25. The van der Waals surface area contributed by atoms with Crippen molar-refractivity contribution in [1.82, 2.24) is 14.8 Å². The molecule has 3 aromatic rings. The molecule has 0 spiro atoms. The van der Waals surface area contributed by atoms with Crippen LogP contribution in [0.4, 0.5) is 20.3 Å². The molecule has 176 valence electrons. The van der Waals surface area contributed by atoms with E-state index in [1.54, 1.807) is 24.3 Å². The number of aromatic nitrogens is 3. The molecule has 0 bridgehead atoms. The summed E-state index contributed by atoms with van der Waals surface area (Å²) in [4.78, 5) is 19.2. The van der Waals surface area contributed by atoms with Crippen molar-refractivity contribution in [2.45, 2.75) is 39.0 Å². The molecule has 1 saturated heterocycles. The largest absolute Gasteiger partial charge is 0.349 e. The van der Waals surface area contributed by atoms with Gasteiger partial charge in [0, 0.05) is 30.9 Å². The van der Waals surface area contributed by atoms with E-state index in [0.29, 0.717) is 11.3 Å². The lowest BCUT2D eigenvalue weighted by molar-refractivity contribution is 0.0256. The van der Waals surface area contributed by atoms with E-state index in [4.69, 9.17) is 11.6 Å². The Morgan fingerprint density at radius 2 is 2.09 bits per heavy atom. The highest BCUT2D eigenvalue weighted by Gasteiger charge is 2.39. The molecule has 10 heteroatoms. The summed E-state index contributed by atoms with van der Waals surface area (Å²) in [6.07, 6.45) is 1.23. The number of pyridine rings is 1. The Labute approximate surface area is 201 Å². The molecule has 0 saturated carbocycles. The number of hydrogen-bond acceptors (Lipinski definition) is 5. The molecule has 34 heavy (non-hydrogen) atoms. The van der Waals surface area contributed by atoms with Crippen molar-refractivity contribution in [3.63, 3.8) is 0 Å². The van der Waals surface area contributed by atoms with Crippen LogP contribution >= 0.6 is 11.6 Å². The van der Waals surface area contributed by atoms with E-state index in [0.717, 1.165) is 11.1 Å². The SMILES string of the molecule is Cc1cc(C#N)cc(C(C)C)c1NC(=O)c1cc(N2CCC(F)(F)C2)nn1-c1ncccc1Cl. The lowest BCUT2D eigenvalue weighted by atomic mass is 9.95. The number of alkyl halides is 2. The molecule has 1 aromatic carbocycles. The number of rotatable bonds is 5. The summed E-state index contributed by atoms with van der Waals surface area (Å²) in [6, 6.07) is 10.3. The summed E-state index contributed by atoms with van der Waals surface area (Å²) in [5.74, 6) is -2.82. The van der Waals surface area contributed by atoms with Gasteiger partial charge in [-0.3, -0.25) is 4.79 Å². The van der Waals surface area contributed by atoms with Crippen LogP contribution in [0.15, 0.2) is 36.5 Å². The van der Waals surface area contributed by atoms with Gasteiger partial charge in [-0.2, -0.15) is 5.26 Å². The van der Waals surface area contributed by atoms with Crippen molar-refractivity contribution in [2.24, 2.45) is 0 Å². The van der Waals surface area contributed by atoms with E-state index < -0.39 is 18.4 Å². The maximum Gasteiger partial charge on any atom is 0.274 e. The summed E-state index contributed by atoms with van der Waals surface area (Å²) >= 11 is 6.32. The topological polar surface area (TPSA) is 86.8 Å². The number of nitriles is 1. The van der Waals surface area contributed by atoms with Crippen LogP contribution in [0.3, 0.4) is 0 Å². The van der Waals surface area contributed by atoms with E-state index in [1.165, 1.54) is 21.8 Å². The average molecular weight is 485 g/mol. The minimum absolute atomic E-state index is 0.0415. The van der Waals surface area contributed by atoms with Crippen LogP contribution in [0.5, 0.6) is 0 Å². The van der Waals surface area contributed by atoms with Crippen LogP contribution in [0.25, 0.3) is 5.82 Å². The number of halogens is 3. The number of aryl methyl sites for hydroxylation is 1. The van der Waals surface area contributed by atoms with Crippen molar-refractivity contribution in [3.8, 4) is 11.9 Å². The maximum atomic E-state index is 13.8. The van der Waals surface area contributed by atoms with Crippen molar-refractivity contribution in [1.29, 1.82) is 5.26 Å². The lowest BCUT2D eigenvalue weighted by Gasteiger charge is -2.17. The Morgan fingerprint density at radius 3 is 2.71 bits per heavy atom. The molecule has 2 aromatic heterocycles. The third-order valence-corrected chi connectivity index (χ3v) is 6.01. The average Bonchev–Trinajstić information content (AvgIpc) is 3.38. The van der Waals surface area contributed by atoms with E-state index >= 15 is 0 Å². The first kappa shape index (κ1) is 23.6. The van der Waals surface area contributed by atoms with Crippen LogP contribution in [-0.4, -0.2) is 39.7 Å². The number of nitrogens with one attached hydrogen (secondary N) is 1. The van der Waals surface area contributed by atoms with Gasteiger partial charge in [-0.05, 0) is 48.2 Å². The van der Waals surface area contributed by atoms with E-state index in [9.17, 15) is 18.8 Å². The van der Waals surface area contributed by atoms with Gasteiger partial charge in [-0.25, -0.2) is 18.4 Å². The minimum Gasteiger partial charge on any atom is -0.349 e. The Balaban J connectivity index is 1.77. The van der Waals surface area contributed by atoms with E-state index in [-0.39, 0.29) is 41.2 Å². The molecule has 0 radical (unpaired) electrons. The second-order valence-corrected chi connectivity index (χ2v) is 9.02. The number of carbonyl (C=O) groups is 1. The second kappa shape index (κ2) is 9.03. The molecule has 4 rings (SSSR count). The zero-order valence-corrected chi connectivity index (χ0v) is 19.7. The molecule has 0 unspecified atom stereocenters. The highest BCUT2D eigenvalue weighted by molar-refractivity contribution is 6.32. The Bertz CT molecular complexity index is 1300. The first-order valence-electron chi connectivity index (χ1n) is 10.8. The first-order chi connectivity index (χ1) is 16.1. The standard InChI is InChI=1S/C24H23ClF2N6O/c1-14(2)17-10-16(12-28)9-15(3)21(17)30-23(34)19-11-20(32-8-6-24(26,27)13-32)31-33(19)22-18(25)5-4-7-29-22/h4-5,7,9-11,14H,6,8,13H2,1-3H3,(H,30,34). The fourth-order valence-electron chi connectivity index (χ4n) is 3.99. The fourth-order valence-corrected chi connectivity index (χ4v) is 4.20. The molecule has 3 heterocycles. The van der Waals surface area contributed by atoms with E-state index in [1.807, 2.05) is 20.8 Å². The van der Waals surface area contributed by atoms with Crippen LogP contribution in [0.1, 0.15) is 53.4 Å². The van der Waals surface area contributed by atoms with Gasteiger partial charge in [0.05, 0.1) is 23.2 Å². The summed E-state index contributed by atoms with van der Waals surface area (Å²) < 4.78 is 28.9. The monoisotopic (exact) mass is 484 g/mol. The molecular weight excluding hydrogens is 462 g/mol. The van der Waals surface area contributed by atoms with Crippen molar-refractivity contribution in [3.05, 3.63) is 63.9 Å². The van der Waals surface area contributed by atoms with Gasteiger partial charge in [0.1, 0.15) is 5.69 Å². The number of anilines is 2. The van der Waals surface area contributed by atoms with Crippen molar-refractivity contribution in [2.75, 3.05) is 23.3 Å². The first-order valence-corrected chi connectivity index (χ1v) is 11.2. The molecule has 7 nitrogen and oxygen atoms in total. The molecule has 1 aliphatic heterocycles. The third-order valence-electron chi connectivity index (χ3n) is 5.72. The number of hydrogen-bond donors (Lipinski definition) is 1. The summed E-state index contributed by atoms with van der Waals surface area (Å²) in [7, 11) is 0. The van der Waals surface area contributed by atoms with Gasteiger partial charge < -0.3 is 10.2 Å². The molecule has 1 amide bonds. The quantitative estimate of drug-likeness (QED) is 0.529. The third kappa shape index (κ3) is 4.59. The highest BCUT2D eigenvalue weighted by atomic mass is 35.5. The minimum atomic E-state index is -2.82. The molecular formula is C24H23ClF2N6O. The fraction of sp³-hybridized carbons (Fsp3) is 0.333. The predicted molar refractivity (Wildman–Crippen MR) is 126 cm³/mol. The van der Waals surface area contributed by atoms with Gasteiger partial charge in [0.2, 0.25) is 0 Å². The van der Waals surface area contributed by atoms with Gasteiger partial charge in [-0.1, -0.05) is 25.4 Å². The molecule has 0 aliphatic carbocycles. The molecule has 1 aliphatic rings. The smallest absolute Gasteiger partial charge is 0.274 e. The van der Waals surface area contributed by atoms with Gasteiger partial charge in [0.15, 0.2) is 11.6 Å². The van der Waals surface area contributed by atoms with Gasteiger partial charge in [0.25, 0.3) is 11.8 Å². The van der Waals surface area contributed by atoms with Gasteiger partial charge in [-0.15, -0.1) is 5.10 Å². The summed E-state index contributed by atoms with van der Waals surface area (Å²) in [5.41, 5.74) is 2.74. The van der Waals surface area contributed by atoms with Crippen molar-refractivity contribution >= 4 is 29.0 Å². The van der Waals surface area contributed by atoms with Crippen LogP contribution in [0, 0.1) is 18.3 Å². The number of nitrogens with zero attached hydrogens (tertiary/aromatic N) is 5. The number of carbonyl (C=O) groups excluding carboxylic acids is 1. The van der Waals surface area contributed by atoms with E-state index in [2.05, 4.69) is 21.5 Å². The zero-order valence-electron chi connectivity index (χ0n) is 18.9. The highest BCUT2D eigenvalue weighted by Crippen LogP contribution is 2.33. The molecule has 0 atom stereocenters. The van der Waals surface area contributed by atoms with Gasteiger partial charge >= 0.3 is 0 Å². The normalized spacial score (nSPS) is 14.9. The van der Waals surface area contributed by atoms with Crippen LogP contribution in [0.2, 0.25) is 5.02 Å². The maximum absolute atomic E-state index is 13.8. The van der Waals surface area contributed by atoms with Crippen LogP contribution in [-0.2, 0) is 0 Å². The zero-order chi connectivity index (χ0) is 24.6. The molecule has 1 N–H and O–H groups in total. The summed E-state index contributed by atoms with van der Waals surface area (Å²) in [5, 5.41) is 16.9. The van der Waals surface area contributed by atoms with Crippen molar-refractivity contribution < 1.29 is 13.6 Å². The Morgan fingerprint density at radius 1 is 1.32 bits per heavy atom. The Hall–Kier alpha value is -3.51. The number of benzene rings is 1. The number of amides is 1. The predicted octanol–water partition coefficient (Wildman–Crippen LogP) is 5.32. The summed E-state index contributed by atoms with van der Waals surface area (Å²) in [6.45, 7) is 5.39. The van der Waals surface area contributed by atoms with Crippen LogP contribution < -0.4 is 10.2 Å². The second-order valence-electron chi connectivity index (χ2n) is 8.61. The Kier molecular flexibility index (Phi) is 6.28.